The van der Waals surface area contributed by atoms with E-state index in [0.29, 0.717) is 25.9 Å². The fourth-order valence-corrected chi connectivity index (χ4v) is 3.14. The molecule has 1 saturated carbocycles. The van der Waals surface area contributed by atoms with E-state index in [4.69, 9.17) is 9.47 Å². The van der Waals surface area contributed by atoms with Crippen LogP contribution in [-0.2, 0) is 9.47 Å². The molecule has 1 unspecified atom stereocenters. The van der Waals surface area contributed by atoms with Crippen LogP contribution in [0, 0.1) is 6.92 Å². The number of rotatable bonds is 4. The van der Waals surface area contributed by atoms with Crippen LogP contribution in [-0.4, -0.2) is 42.0 Å². The quantitative estimate of drug-likeness (QED) is 0.920. The van der Waals surface area contributed by atoms with Crippen LogP contribution in [0.25, 0.3) is 0 Å². The number of nitrogens with one attached hydrogen (secondary N) is 1. The Kier molecular flexibility index (Phi) is 4.58. The number of hydrogen-bond acceptors (Lipinski definition) is 4. The van der Waals surface area contributed by atoms with E-state index in [1.54, 1.807) is 0 Å². The average Bonchev–Trinajstić information content (AvgIpc) is 2.88. The molecular weight excluding hydrogens is 254 g/mol. The Morgan fingerprint density at radius 2 is 2.15 bits per heavy atom. The molecule has 5 heteroatoms. The third-order valence-corrected chi connectivity index (χ3v) is 4.19. The summed E-state index contributed by atoms with van der Waals surface area (Å²) in [6, 6.07) is 0.607. The highest BCUT2D eigenvalue weighted by molar-refractivity contribution is 5.30. The Bertz CT molecular complexity index is 421. The van der Waals surface area contributed by atoms with Crippen LogP contribution in [0.15, 0.2) is 6.20 Å². The van der Waals surface area contributed by atoms with Crippen molar-refractivity contribution >= 4 is 5.95 Å². The first-order chi connectivity index (χ1) is 9.83. The summed E-state index contributed by atoms with van der Waals surface area (Å²) in [5.74, 6) is 0.989. The number of ether oxygens (including phenoxy) is 2. The number of nitrogens with zero attached hydrogens (tertiary/aromatic N) is 2. The molecule has 0 radical (unpaired) electrons. The summed E-state index contributed by atoms with van der Waals surface area (Å²) in [6.45, 7) is 4.92. The average molecular weight is 279 g/mol. The van der Waals surface area contributed by atoms with E-state index in [1.807, 2.05) is 0 Å². The van der Waals surface area contributed by atoms with E-state index in [0.717, 1.165) is 18.2 Å². The van der Waals surface area contributed by atoms with E-state index in [2.05, 4.69) is 28.0 Å². The molecule has 1 aliphatic carbocycles. The molecular formula is C15H25N3O2. The van der Waals surface area contributed by atoms with Gasteiger partial charge >= 0.3 is 0 Å². The van der Waals surface area contributed by atoms with Gasteiger partial charge in [-0.25, -0.2) is 4.98 Å². The van der Waals surface area contributed by atoms with Gasteiger partial charge in [-0.1, -0.05) is 19.3 Å². The van der Waals surface area contributed by atoms with Crippen molar-refractivity contribution in [1.29, 1.82) is 0 Å². The Morgan fingerprint density at radius 1 is 1.30 bits per heavy atom. The highest BCUT2D eigenvalue weighted by Gasteiger charge is 2.20. The van der Waals surface area contributed by atoms with Crippen molar-refractivity contribution in [3.8, 4) is 0 Å². The summed E-state index contributed by atoms with van der Waals surface area (Å²) in [6.07, 6.45) is 8.90. The van der Waals surface area contributed by atoms with Gasteiger partial charge in [0.05, 0.1) is 31.6 Å². The van der Waals surface area contributed by atoms with Crippen LogP contribution in [0.4, 0.5) is 5.95 Å². The molecule has 5 nitrogen and oxygen atoms in total. The lowest BCUT2D eigenvalue weighted by molar-refractivity contribution is -0.0819. The van der Waals surface area contributed by atoms with Gasteiger partial charge in [-0.3, -0.25) is 0 Å². The maximum atomic E-state index is 5.67. The summed E-state index contributed by atoms with van der Waals surface area (Å²) in [4.78, 5) is 4.63. The number of aryl methyl sites for hydroxylation is 1. The molecule has 3 rings (SSSR count). The van der Waals surface area contributed by atoms with Gasteiger partial charge < -0.3 is 19.4 Å². The first kappa shape index (κ1) is 13.9. The molecule has 2 fully saturated rings. The molecule has 0 amide bonds. The SMILES string of the molecule is Cc1cn(C2CCCCC2)c(NCC2COCCO2)n1. The van der Waals surface area contributed by atoms with Crippen molar-refractivity contribution in [3.63, 3.8) is 0 Å². The normalized spacial score (nSPS) is 24.8. The second kappa shape index (κ2) is 6.59. The molecule has 1 atom stereocenters. The van der Waals surface area contributed by atoms with E-state index in [-0.39, 0.29) is 6.10 Å². The van der Waals surface area contributed by atoms with Crippen LogP contribution in [0.1, 0.15) is 43.8 Å². The van der Waals surface area contributed by atoms with Crippen molar-refractivity contribution in [1.82, 2.24) is 9.55 Å². The Labute approximate surface area is 120 Å². The fourth-order valence-electron chi connectivity index (χ4n) is 3.14. The standard InChI is InChI=1S/C15H25N3O2/c1-12-10-18(13-5-3-2-4-6-13)15(17-12)16-9-14-11-19-7-8-20-14/h10,13-14H,2-9,11H2,1H3,(H,16,17). The number of anilines is 1. The third-order valence-electron chi connectivity index (χ3n) is 4.19. The maximum Gasteiger partial charge on any atom is 0.203 e. The second-order valence-electron chi connectivity index (χ2n) is 5.85. The van der Waals surface area contributed by atoms with Gasteiger partial charge in [-0.2, -0.15) is 0 Å². The molecule has 112 valence electrons. The van der Waals surface area contributed by atoms with Gasteiger partial charge in [0.15, 0.2) is 0 Å². The van der Waals surface area contributed by atoms with Gasteiger partial charge in [-0.05, 0) is 19.8 Å². The smallest absolute Gasteiger partial charge is 0.203 e. The van der Waals surface area contributed by atoms with E-state index < -0.39 is 0 Å². The van der Waals surface area contributed by atoms with E-state index in [1.165, 1.54) is 32.1 Å². The van der Waals surface area contributed by atoms with Crippen molar-refractivity contribution < 1.29 is 9.47 Å². The maximum absolute atomic E-state index is 5.67. The highest BCUT2D eigenvalue weighted by atomic mass is 16.6. The van der Waals surface area contributed by atoms with Crippen molar-refractivity contribution in [3.05, 3.63) is 11.9 Å². The molecule has 0 spiro atoms. The van der Waals surface area contributed by atoms with Crippen molar-refractivity contribution in [2.24, 2.45) is 0 Å². The number of hydrogen-bond donors (Lipinski definition) is 1. The molecule has 1 aromatic rings. The van der Waals surface area contributed by atoms with Gasteiger partial charge in [0.2, 0.25) is 5.95 Å². The monoisotopic (exact) mass is 279 g/mol. The van der Waals surface area contributed by atoms with Gasteiger partial charge in [0.25, 0.3) is 0 Å². The lowest BCUT2D eigenvalue weighted by atomic mass is 9.95. The molecule has 1 aliphatic heterocycles. The molecule has 1 aromatic heterocycles. The summed E-state index contributed by atoms with van der Waals surface area (Å²) in [7, 11) is 0. The molecule has 0 aromatic carbocycles. The summed E-state index contributed by atoms with van der Waals surface area (Å²) < 4.78 is 13.4. The van der Waals surface area contributed by atoms with Gasteiger partial charge in [0.1, 0.15) is 0 Å². The van der Waals surface area contributed by atoms with Crippen LogP contribution < -0.4 is 5.32 Å². The highest BCUT2D eigenvalue weighted by Crippen LogP contribution is 2.30. The second-order valence-corrected chi connectivity index (χ2v) is 5.85. The summed E-state index contributed by atoms with van der Waals surface area (Å²) in [5.41, 5.74) is 1.08. The van der Waals surface area contributed by atoms with Crippen molar-refractivity contribution in [2.75, 3.05) is 31.7 Å². The topological polar surface area (TPSA) is 48.3 Å². The zero-order chi connectivity index (χ0) is 13.8. The fraction of sp³-hybridized carbons (Fsp3) is 0.800. The molecule has 2 aliphatic rings. The van der Waals surface area contributed by atoms with E-state index in [9.17, 15) is 0 Å². The third kappa shape index (κ3) is 3.33. The van der Waals surface area contributed by atoms with Crippen molar-refractivity contribution in [2.45, 2.75) is 51.2 Å². The number of imidazole rings is 1. The molecule has 20 heavy (non-hydrogen) atoms. The minimum Gasteiger partial charge on any atom is -0.376 e. The lowest BCUT2D eigenvalue weighted by Crippen LogP contribution is -2.34. The Morgan fingerprint density at radius 3 is 2.90 bits per heavy atom. The lowest BCUT2D eigenvalue weighted by Gasteiger charge is -2.26. The minimum atomic E-state index is 0.139. The first-order valence-electron chi connectivity index (χ1n) is 7.81. The Hall–Kier alpha value is -1.07. The molecule has 1 N–H and O–H groups in total. The predicted molar refractivity (Wildman–Crippen MR) is 78.1 cm³/mol. The largest absolute Gasteiger partial charge is 0.376 e. The summed E-state index contributed by atoms with van der Waals surface area (Å²) >= 11 is 0. The van der Waals surface area contributed by atoms with Crippen LogP contribution in [0.5, 0.6) is 0 Å². The molecule has 0 bridgehead atoms. The van der Waals surface area contributed by atoms with Crippen LogP contribution in [0.3, 0.4) is 0 Å². The summed E-state index contributed by atoms with van der Waals surface area (Å²) in [5, 5.41) is 3.45. The molecule has 1 saturated heterocycles. The minimum absolute atomic E-state index is 0.139. The van der Waals surface area contributed by atoms with E-state index >= 15 is 0 Å². The van der Waals surface area contributed by atoms with Crippen LogP contribution >= 0.6 is 0 Å². The predicted octanol–water partition coefficient (Wildman–Crippen LogP) is 2.52. The zero-order valence-electron chi connectivity index (χ0n) is 12.3. The van der Waals surface area contributed by atoms with Gasteiger partial charge in [0, 0.05) is 18.8 Å². The first-order valence-corrected chi connectivity index (χ1v) is 7.81. The molecule has 2 heterocycles. The Balaban J connectivity index is 1.62. The zero-order valence-corrected chi connectivity index (χ0v) is 12.3. The van der Waals surface area contributed by atoms with Crippen LogP contribution in [0.2, 0.25) is 0 Å². The number of aromatic nitrogens is 2. The van der Waals surface area contributed by atoms with Gasteiger partial charge in [-0.15, -0.1) is 0 Å².